The first-order valence-electron chi connectivity index (χ1n) is 12.4. The van der Waals surface area contributed by atoms with Gasteiger partial charge < -0.3 is 29.2 Å². The molecule has 268 valence electrons. The third kappa shape index (κ3) is 14.5. The molecule has 0 aliphatic rings. The van der Waals surface area contributed by atoms with Gasteiger partial charge in [0.2, 0.25) is 11.6 Å². The Balaban J connectivity index is 0.000000339. The summed E-state index contributed by atoms with van der Waals surface area (Å²) in [4.78, 5) is 40.1. The molecule has 4 aromatic carbocycles. The Bertz CT molecular complexity index is 1870. The van der Waals surface area contributed by atoms with Crippen LogP contribution >= 0.6 is 63.7 Å². The topological polar surface area (TPSA) is 198 Å². The minimum atomic E-state index is -1.05. The molecule has 50 heavy (non-hydrogen) atoms. The van der Waals surface area contributed by atoms with E-state index in [1.54, 1.807) is 0 Å². The van der Waals surface area contributed by atoms with Gasteiger partial charge in [-0.2, -0.15) is 8.78 Å². The molecule has 0 bridgehead atoms. The molecule has 0 aliphatic carbocycles. The van der Waals surface area contributed by atoms with Gasteiger partial charge in [0.1, 0.15) is 28.9 Å². The van der Waals surface area contributed by atoms with E-state index in [-0.39, 0.29) is 37.8 Å². The van der Waals surface area contributed by atoms with Gasteiger partial charge in [-0.15, -0.1) is 0 Å². The Kier molecular flexibility index (Phi) is 18.1. The Hall–Kier alpha value is -4.54. The van der Waals surface area contributed by atoms with Gasteiger partial charge in [-0.05, 0) is 112 Å². The number of nitro groups is 2. The third-order valence-electron chi connectivity index (χ3n) is 4.93. The third-order valence-corrected chi connectivity index (χ3v) is 7.44. The summed E-state index contributed by atoms with van der Waals surface area (Å²) in [7, 11) is 2.27. The fourth-order valence-corrected chi connectivity index (χ4v) is 4.20. The second kappa shape index (κ2) is 20.9. The number of aromatic hydroxyl groups is 2. The molecular formula is C28H18Br4F4N2O12. The Morgan fingerprint density at radius 2 is 1.00 bits per heavy atom. The molecule has 0 unspecified atom stereocenters. The van der Waals surface area contributed by atoms with Crippen LogP contribution in [0.1, 0.15) is 0 Å². The standard InChI is InChI=1S/C8H5BrFNO5.C8H6BrFO3.C6H3BrFNO3.C6H4BrFO/c1-15-8(12)16-7-3-6(11(13)14)5(10)2-4(7)9;1-12-8(11)13-7-3-2-5(10)4-6(7)9;7-3-1-4(8)5(9(11)12)2-6(3)10;7-5-3-4(8)1-2-6(5)9/h2-3H,1H3;2-4H,1H3;1-2,10H;1-3,9H. The first-order valence-corrected chi connectivity index (χ1v) is 15.5. The maximum absolute atomic E-state index is 13.1. The average Bonchev–Trinajstić information content (AvgIpc) is 3.04. The number of carbonyl (C=O) groups is 2. The molecule has 0 saturated heterocycles. The van der Waals surface area contributed by atoms with Crippen LogP contribution < -0.4 is 9.47 Å². The van der Waals surface area contributed by atoms with Crippen LogP contribution in [0.15, 0.2) is 78.6 Å². The van der Waals surface area contributed by atoms with E-state index < -0.39 is 51.0 Å². The molecule has 0 aliphatic heterocycles. The van der Waals surface area contributed by atoms with Crippen LogP contribution in [0, 0.1) is 43.5 Å². The van der Waals surface area contributed by atoms with Gasteiger partial charge in [-0.25, -0.2) is 18.4 Å². The summed E-state index contributed by atoms with van der Waals surface area (Å²) in [5.41, 5.74) is -1.53. The Morgan fingerprint density at radius 3 is 1.44 bits per heavy atom. The molecule has 22 heteroatoms. The van der Waals surface area contributed by atoms with Crippen LogP contribution in [-0.4, -0.2) is 46.6 Å². The minimum absolute atomic E-state index is 0.0522. The van der Waals surface area contributed by atoms with Crippen LogP contribution in [0.25, 0.3) is 0 Å². The number of nitrogens with zero attached hydrogens (tertiary/aromatic N) is 2. The summed E-state index contributed by atoms with van der Waals surface area (Å²) in [5.74, 6) is -3.07. The number of benzene rings is 4. The van der Waals surface area contributed by atoms with Crippen molar-refractivity contribution in [2.24, 2.45) is 0 Å². The SMILES string of the molecule is COC(=O)Oc1cc([N+](=O)[O-])c(F)cc1Br.COC(=O)Oc1ccc(F)cc1Br.O=[N+]([O-])c1cc(O)c(Br)cc1F.Oc1ccc(F)cc1Br. The van der Waals surface area contributed by atoms with E-state index in [0.29, 0.717) is 8.95 Å². The molecule has 14 nitrogen and oxygen atoms in total. The highest BCUT2D eigenvalue weighted by Gasteiger charge is 2.20. The fourth-order valence-electron chi connectivity index (χ4n) is 2.71. The monoisotopic (exact) mass is 966 g/mol. The van der Waals surface area contributed by atoms with Crippen molar-refractivity contribution < 1.29 is 66.2 Å². The maximum Gasteiger partial charge on any atom is 0.513 e. The summed E-state index contributed by atoms with van der Waals surface area (Å²) in [6, 6.07) is 10.6. The summed E-state index contributed by atoms with van der Waals surface area (Å²) in [6.07, 6.45) is -1.89. The summed E-state index contributed by atoms with van der Waals surface area (Å²) in [6.45, 7) is 0. The highest BCUT2D eigenvalue weighted by atomic mass is 79.9. The van der Waals surface area contributed by atoms with E-state index in [1.165, 1.54) is 43.5 Å². The van der Waals surface area contributed by atoms with E-state index >= 15 is 0 Å². The Morgan fingerprint density at radius 1 is 0.600 bits per heavy atom. The van der Waals surface area contributed by atoms with E-state index in [2.05, 4.69) is 82.7 Å². The fraction of sp³-hybridized carbons (Fsp3) is 0.0714. The molecule has 0 amide bonds. The van der Waals surface area contributed by atoms with Crippen molar-refractivity contribution in [1.82, 2.24) is 0 Å². The highest BCUT2D eigenvalue weighted by molar-refractivity contribution is 9.11. The average molecular weight is 970 g/mol. The van der Waals surface area contributed by atoms with E-state index in [9.17, 15) is 47.4 Å². The summed E-state index contributed by atoms with van der Waals surface area (Å²) < 4.78 is 69.1. The van der Waals surface area contributed by atoms with Crippen molar-refractivity contribution in [3.63, 3.8) is 0 Å². The van der Waals surface area contributed by atoms with Crippen LogP contribution in [0.3, 0.4) is 0 Å². The van der Waals surface area contributed by atoms with Gasteiger partial charge >= 0.3 is 23.7 Å². The summed E-state index contributed by atoms with van der Waals surface area (Å²) >= 11 is 11.7. The molecule has 4 rings (SSSR count). The number of phenolic OH excluding ortho intramolecular Hbond substituents is 2. The number of ether oxygens (including phenoxy) is 4. The predicted molar refractivity (Wildman–Crippen MR) is 179 cm³/mol. The van der Waals surface area contributed by atoms with Crippen molar-refractivity contribution in [1.29, 1.82) is 0 Å². The van der Waals surface area contributed by atoms with Crippen LogP contribution in [0.5, 0.6) is 23.0 Å². The lowest BCUT2D eigenvalue weighted by Gasteiger charge is -2.04. The smallest absolute Gasteiger partial charge is 0.507 e. The quantitative estimate of drug-likeness (QED) is 0.0646. The van der Waals surface area contributed by atoms with Crippen molar-refractivity contribution >= 4 is 87.4 Å². The van der Waals surface area contributed by atoms with Crippen molar-refractivity contribution in [2.75, 3.05) is 14.2 Å². The first kappa shape index (κ1) is 43.5. The molecule has 0 atom stereocenters. The zero-order chi connectivity index (χ0) is 38.3. The van der Waals surface area contributed by atoms with Crippen molar-refractivity contribution in [3.8, 4) is 23.0 Å². The van der Waals surface area contributed by atoms with Gasteiger partial charge in [-0.1, -0.05) is 0 Å². The second-order valence-corrected chi connectivity index (χ2v) is 11.7. The molecule has 0 radical (unpaired) electrons. The number of nitro benzene ring substituents is 2. The second-order valence-electron chi connectivity index (χ2n) is 8.29. The lowest BCUT2D eigenvalue weighted by Crippen LogP contribution is -2.08. The van der Waals surface area contributed by atoms with Crippen molar-refractivity contribution in [3.05, 3.63) is 122 Å². The molecular weight excluding hydrogens is 952 g/mol. The van der Waals surface area contributed by atoms with Crippen LogP contribution in [-0.2, 0) is 9.47 Å². The van der Waals surface area contributed by atoms with Gasteiger partial charge in [-0.3, -0.25) is 20.2 Å². The van der Waals surface area contributed by atoms with E-state index in [1.807, 2.05) is 0 Å². The number of methoxy groups -OCH3 is 2. The van der Waals surface area contributed by atoms with Gasteiger partial charge in [0, 0.05) is 0 Å². The molecule has 0 spiro atoms. The number of hydrogen-bond donors (Lipinski definition) is 2. The van der Waals surface area contributed by atoms with E-state index in [0.717, 1.165) is 31.4 Å². The predicted octanol–water partition coefficient (Wildman–Crippen LogP) is 9.87. The largest absolute Gasteiger partial charge is 0.513 e. The normalized spacial score (nSPS) is 9.64. The lowest BCUT2D eigenvalue weighted by atomic mass is 10.3. The molecule has 4 aromatic rings. The zero-order valence-electron chi connectivity index (χ0n) is 24.7. The number of phenols is 2. The van der Waals surface area contributed by atoms with Gasteiger partial charge in [0.25, 0.3) is 0 Å². The molecule has 0 heterocycles. The minimum Gasteiger partial charge on any atom is -0.507 e. The maximum atomic E-state index is 13.1. The number of rotatable bonds is 4. The van der Waals surface area contributed by atoms with Crippen molar-refractivity contribution in [2.45, 2.75) is 0 Å². The molecule has 0 aromatic heterocycles. The van der Waals surface area contributed by atoms with Gasteiger partial charge in [0.05, 0.1) is 54.1 Å². The number of carbonyl (C=O) groups excluding carboxylic acids is 2. The van der Waals surface area contributed by atoms with Crippen LogP contribution in [0.2, 0.25) is 0 Å². The zero-order valence-corrected chi connectivity index (χ0v) is 31.0. The molecule has 2 N–H and O–H groups in total. The number of halogens is 8. The van der Waals surface area contributed by atoms with Crippen LogP contribution in [0.4, 0.5) is 38.5 Å². The molecule has 0 fully saturated rings. The highest BCUT2D eigenvalue weighted by Crippen LogP contribution is 2.33. The Labute approximate surface area is 311 Å². The number of hydrogen-bond acceptors (Lipinski definition) is 12. The van der Waals surface area contributed by atoms with E-state index in [4.69, 9.17) is 10.2 Å². The lowest BCUT2D eigenvalue weighted by molar-refractivity contribution is -0.387. The molecule has 0 saturated carbocycles. The summed E-state index contributed by atoms with van der Waals surface area (Å²) in [5, 5.41) is 38.3. The van der Waals surface area contributed by atoms with Gasteiger partial charge in [0.15, 0.2) is 5.75 Å². The first-order chi connectivity index (χ1) is 23.3.